The number of aromatic nitrogens is 4. The van der Waals surface area contributed by atoms with Crippen LogP contribution in [0.25, 0.3) is 16.9 Å². The van der Waals surface area contributed by atoms with E-state index in [0.717, 1.165) is 29.0 Å². The molecule has 0 atom stereocenters. The zero-order chi connectivity index (χ0) is 14.8. The van der Waals surface area contributed by atoms with Gasteiger partial charge < -0.3 is 0 Å². The van der Waals surface area contributed by atoms with Gasteiger partial charge in [-0.3, -0.25) is 14.4 Å². The summed E-state index contributed by atoms with van der Waals surface area (Å²) in [5.41, 5.74) is 5.38. The van der Waals surface area contributed by atoms with E-state index in [2.05, 4.69) is 43.6 Å². The maximum atomic E-state index is 4.45. The molecular formula is C18H14N4. The molecule has 0 N–H and O–H groups in total. The molecule has 4 nitrogen and oxygen atoms in total. The molecule has 0 saturated carbocycles. The highest BCUT2D eigenvalue weighted by Crippen LogP contribution is 2.22. The van der Waals surface area contributed by atoms with Crippen molar-refractivity contribution in [3.8, 4) is 11.3 Å². The van der Waals surface area contributed by atoms with Crippen molar-refractivity contribution >= 4 is 5.65 Å². The number of nitrogens with zero attached hydrogens (tertiary/aromatic N) is 4. The highest BCUT2D eigenvalue weighted by Gasteiger charge is 2.06. The van der Waals surface area contributed by atoms with Crippen LogP contribution in [0.3, 0.4) is 0 Å². The molecule has 0 fully saturated rings. The van der Waals surface area contributed by atoms with E-state index in [9.17, 15) is 0 Å². The Hall–Kier alpha value is -3.01. The Morgan fingerprint density at radius 1 is 0.909 bits per heavy atom. The van der Waals surface area contributed by atoms with Crippen molar-refractivity contribution in [2.75, 3.05) is 0 Å². The van der Waals surface area contributed by atoms with Crippen LogP contribution in [0.2, 0.25) is 0 Å². The van der Waals surface area contributed by atoms with Crippen LogP contribution in [0.4, 0.5) is 0 Å². The van der Waals surface area contributed by atoms with Crippen LogP contribution in [-0.4, -0.2) is 19.4 Å². The van der Waals surface area contributed by atoms with Gasteiger partial charge in [-0.1, -0.05) is 24.3 Å². The first-order valence-electron chi connectivity index (χ1n) is 7.16. The van der Waals surface area contributed by atoms with Crippen LogP contribution in [-0.2, 0) is 6.42 Å². The Balaban J connectivity index is 1.73. The molecule has 1 aromatic carbocycles. The Bertz CT molecular complexity index is 912. The summed E-state index contributed by atoms with van der Waals surface area (Å²) in [6.07, 6.45) is 9.95. The van der Waals surface area contributed by atoms with E-state index in [1.54, 1.807) is 18.6 Å². The van der Waals surface area contributed by atoms with Crippen LogP contribution in [0.5, 0.6) is 0 Å². The van der Waals surface area contributed by atoms with Crippen LogP contribution in [0.1, 0.15) is 11.3 Å². The van der Waals surface area contributed by atoms with Crippen LogP contribution < -0.4 is 0 Å². The smallest absolute Gasteiger partial charge is 0.137 e. The lowest BCUT2D eigenvalue weighted by Crippen LogP contribution is -1.93. The van der Waals surface area contributed by atoms with Gasteiger partial charge in [-0.25, -0.2) is 4.98 Å². The molecule has 0 amide bonds. The molecule has 0 radical (unpaired) electrons. The summed E-state index contributed by atoms with van der Waals surface area (Å²) in [5.74, 6) is 0. The fraction of sp³-hybridized carbons (Fsp3) is 0.0556. The number of pyridine rings is 1. The molecule has 22 heavy (non-hydrogen) atoms. The second kappa shape index (κ2) is 5.41. The minimum atomic E-state index is 0.776. The molecule has 0 unspecified atom stereocenters. The predicted molar refractivity (Wildman–Crippen MR) is 85.5 cm³/mol. The van der Waals surface area contributed by atoms with Crippen molar-refractivity contribution in [1.82, 2.24) is 19.4 Å². The monoisotopic (exact) mass is 286 g/mol. The minimum Gasteiger partial charge on any atom is -0.300 e. The average Bonchev–Trinajstić information content (AvgIpc) is 3.00. The van der Waals surface area contributed by atoms with Crippen molar-refractivity contribution in [2.45, 2.75) is 6.42 Å². The normalized spacial score (nSPS) is 10.9. The fourth-order valence-corrected chi connectivity index (χ4v) is 2.62. The summed E-state index contributed by atoms with van der Waals surface area (Å²) in [6, 6.07) is 14.5. The van der Waals surface area contributed by atoms with Gasteiger partial charge in [-0.2, -0.15) is 0 Å². The van der Waals surface area contributed by atoms with E-state index in [-0.39, 0.29) is 0 Å². The number of imidazole rings is 1. The maximum Gasteiger partial charge on any atom is 0.137 e. The van der Waals surface area contributed by atoms with Gasteiger partial charge in [-0.05, 0) is 23.8 Å². The molecular weight excluding hydrogens is 272 g/mol. The largest absolute Gasteiger partial charge is 0.300 e. The first kappa shape index (κ1) is 12.7. The third-order valence-electron chi connectivity index (χ3n) is 3.64. The van der Waals surface area contributed by atoms with Gasteiger partial charge in [0.1, 0.15) is 5.65 Å². The third-order valence-corrected chi connectivity index (χ3v) is 3.64. The van der Waals surface area contributed by atoms with Gasteiger partial charge in [-0.15, -0.1) is 0 Å². The molecule has 4 heteroatoms. The molecule has 0 bridgehead atoms. The number of hydrogen-bond donors (Lipinski definition) is 0. The van der Waals surface area contributed by atoms with Crippen molar-refractivity contribution in [3.05, 3.63) is 84.7 Å². The predicted octanol–water partition coefficient (Wildman–Crippen LogP) is 3.38. The van der Waals surface area contributed by atoms with Crippen LogP contribution in [0.15, 0.2) is 73.4 Å². The number of hydrogen-bond acceptors (Lipinski definition) is 3. The minimum absolute atomic E-state index is 0.776. The Labute approximate surface area is 128 Å². The molecule has 3 aromatic heterocycles. The average molecular weight is 286 g/mol. The SMILES string of the molecule is c1cc(Cc2cnccn2)cc(-c2cnc3ccccn23)c1. The zero-order valence-corrected chi connectivity index (χ0v) is 11.9. The van der Waals surface area contributed by atoms with Crippen LogP contribution >= 0.6 is 0 Å². The Kier molecular flexibility index (Phi) is 3.12. The van der Waals surface area contributed by atoms with E-state index in [1.165, 1.54) is 5.56 Å². The fourth-order valence-electron chi connectivity index (χ4n) is 2.62. The standard InChI is InChI=1S/C18H14N4/c1-2-9-22-17(13-21-18(22)6-1)15-5-3-4-14(10-15)11-16-12-19-7-8-20-16/h1-10,12-13H,11H2. The number of rotatable bonds is 3. The van der Waals surface area contributed by atoms with Gasteiger partial charge in [0.2, 0.25) is 0 Å². The highest BCUT2D eigenvalue weighted by molar-refractivity contribution is 5.64. The number of fused-ring (bicyclic) bond motifs is 1. The van der Waals surface area contributed by atoms with Gasteiger partial charge in [0, 0.05) is 36.8 Å². The van der Waals surface area contributed by atoms with E-state index in [1.807, 2.05) is 30.6 Å². The molecule has 0 aliphatic heterocycles. The van der Waals surface area contributed by atoms with E-state index in [4.69, 9.17) is 0 Å². The molecule has 0 aliphatic carbocycles. The Morgan fingerprint density at radius 2 is 1.91 bits per heavy atom. The molecule has 4 aromatic rings. The highest BCUT2D eigenvalue weighted by atomic mass is 15.0. The van der Waals surface area contributed by atoms with E-state index >= 15 is 0 Å². The second-order valence-corrected chi connectivity index (χ2v) is 5.15. The van der Waals surface area contributed by atoms with Gasteiger partial charge in [0.05, 0.1) is 17.6 Å². The molecule has 4 rings (SSSR count). The Morgan fingerprint density at radius 3 is 2.82 bits per heavy atom. The quantitative estimate of drug-likeness (QED) is 0.580. The van der Waals surface area contributed by atoms with Crippen molar-refractivity contribution in [1.29, 1.82) is 0 Å². The lowest BCUT2D eigenvalue weighted by molar-refractivity contribution is 1.03. The zero-order valence-electron chi connectivity index (χ0n) is 11.9. The van der Waals surface area contributed by atoms with Crippen LogP contribution in [0, 0.1) is 0 Å². The molecule has 0 aliphatic rings. The van der Waals surface area contributed by atoms with Gasteiger partial charge in [0.15, 0.2) is 0 Å². The molecule has 0 spiro atoms. The molecule has 3 heterocycles. The second-order valence-electron chi connectivity index (χ2n) is 5.15. The number of benzene rings is 1. The topological polar surface area (TPSA) is 43.1 Å². The van der Waals surface area contributed by atoms with Crippen molar-refractivity contribution < 1.29 is 0 Å². The maximum absolute atomic E-state index is 4.45. The first-order chi connectivity index (χ1) is 10.9. The lowest BCUT2D eigenvalue weighted by atomic mass is 10.0. The summed E-state index contributed by atoms with van der Waals surface area (Å²) in [6.45, 7) is 0. The van der Waals surface area contributed by atoms with Gasteiger partial charge in [0.25, 0.3) is 0 Å². The van der Waals surface area contributed by atoms with Crippen molar-refractivity contribution in [3.63, 3.8) is 0 Å². The van der Waals surface area contributed by atoms with E-state index in [0.29, 0.717) is 0 Å². The summed E-state index contributed by atoms with van der Waals surface area (Å²) < 4.78 is 2.10. The summed E-state index contributed by atoms with van der Waals surface area (Å²) in [5, 5.41) is 0. The lowest BCUT2D eigenvalue weighted by Gasteiger charge is -2.05. The van der Waals surface area contributed by atoms with Gasteiger partial charge >= 0.3 is 0 Å². The third kappa shape index (κ3) is 2.35. The molecule has 0 saturated heterocycles. The van der Waals surface area contributed by atoms with E-state index < -0.39 is 0 Å². The first-order valence-corrected chi connectivity index (χ1v) is 7.16. The summed E-state index contributed by atoms with van der Waals surface area (Å²) >= 11 is 0. The summed E-state index contributed by atoms with van der Waals surface area (Å²) in [4.78, 5) is 12.9. The summed E-state index contributed by atoms with van der Waals surface area (Å²) in [7, 11) is 0. The molecule has 106 valence electrons. The van der Waals surface area contributed by atoms with Crippen molar-refractivity contribution in [2.24, 2.45) is 0 Å².